The van der Waals surface area contributed by atoms with E-state index in [-0.39, 0.29) is 0 Å². The summed E-state index contributed by atoms with van der Waals surface area (Å²) >= 11 is 0. The number of rotatable bonds is 5. The van der Waals surface area contributed by atoms with Gasteiger partial charge in [-0.3, -0.25) is 4.90 Å². The van der Waals surface area contributed by atoms with E-state index in [1.165, 1.54) is 11.8 Å². The van der Waals surface area contributed by atoms with E-state index >= 15 is 0 Å². The van der Waals surface area contributed by atoms with Crippen LogP contribution in [0.5, 0.6) is 0 Å². The fourth-order valence-corrected chi connectivity index (χ4v) is 3.50. The van der Waals surface area contributed by atoms with Crippen molar-refractivity contribution >= 4 is 9.84 Å². The summed E-state index contributed by atoms with van der Waals surface area (Å²) in [5.74, 6) is 0.611. The van der Waals surface area contributed by atoms with Gasteiger partial charge in [0, 0.05) is 38.5 Å². The zero-order valence-electron chi connectivity index (χ0n) is 13.2. The molecule has 1 aromatic rings. The molecule has 21 heavy (non-hydrogen) atoms. The molecule has 0 spiro atoms. The van der Waals surface area contributed by atoms with E-state index in [4.69, 9.17) is 0 Å². The van der Waals surface area contributed by atoms with Gasteiger partial charge in [0.25, 0.3) is 0 Å². The van der Waals surface area contributed by atoms with Gasteiger partial charge in [-0.05, 0) is 30.0 Å². The smallest absolute Gasteiger partial charge is 0.175 e. The van der Waals surface area contributed by atoms with Gasteiger partial charge in [0.05, 0.1) is 4.90 Å². The van der Waals surface area contributed by atoms with E-state index in [0.717, 1.165) is 32.6 Å². The van der Waals surface area contributed by atoms with E-state index in [1.54, 1.807) is 12.1 Å². The van der Waals surface area contributed by atoms with Gasteiger partial charge in [-0.2, -0.15) is 0 Å². The lowest BCUT2D eigenvalue weighted by atomic mass is 9.95. The lowest BCUT2D eigenvalue weighted by Crippen LogP contribution is -2.45. The Morgan fingerprint density at radius 3 is 2.19 bits per heavy atom. The zero-order valence-corrected chi connectivity index (χ0v) is 14.0. The standard InChI is InChI=1S/C16H26N2O2S/c1-13(2)12-16(18-10-8-17-9-11-18)14-4-6-15(7-5-14)21(3,19)20/h4-7,13,16-17H,8-12H2,1-3H3/t16-/m1/s1. The molecule has 1 atom stereocenters. The van der Waals surface area contributed by atoms with Gasteiger partial charge < -0.3 is 5.32 Å². The van der Waals surface area contributed by atoms with Gasteiger partial charge in [-0.1, -0.05) is 26.0 Å². The molecule has 4 nitrogen and oxygen atoms in total. The van der Waals surface area contributed by atoms with Crippen LogP contribution in [0.4, 0.5) is 0 Å². The van der Waals surface area contributed by atoms with Gasteiger partial charge in [0.2, 0.25) is 0 Å². The zero-order chi connectivity index (χ0) is 15.5. The van der Waals surface area contributed by atoms with Crippen molar-refractivity contribution in [2.24, 2.45) is 5.92 Å². The molecular formula is C16H26N2O2S. The highest BCUT2D eigenvalue weighted by Gasteiger charge is 2.23. The second kappa shape index (κ2) is 6.90. The van der Waals surface area contributed by atoms with Crippen molar-refractivity contribution < 1.29 is 8.42 Å². The molecule has 118 valence electrons. The van der Waals surface area contributed by atoms with Gasteiger partial charge in [0.1, 0.15) is 0 Å². The second-order valence-corrected chi connectivity index (χ2v) is 8.29. The summed E-state index contributed by atoms with van der Waals surface area (Å²) in [5.41, 5.74) is 1.22. The van der Waals surface area contributed by atoms with Crippen LogP contribution >= 0.6 is 0 Å². The van der Waals surface area contributed by atoms with Gasteiger partial charge in [0.15, 0.2) is 9.84 Å². The van der Waals surface area contributed by atoms with Crippen LogP contribution < -0.4 is 5.32 Å². The summed E-state index contributed by atoms with van der Waals surface area (Å²) in [6.45, 7) is 8.61. The van der Waals surface area contributed by atoms with E-state index in [0.29, 0.717) is 16.9 Å². The summed E-state index contributed by atoms with van der Waals surface area (Å²) in [6, 6.07) is 7.80. The second-order valence-electron chi connectivity index (χ2n) is 6.27. The number of nitrogens with one attached hydrogen (secondary N) is 1. The molecule has 0 aromatic heterocycles. The minimum atomic E-state index is -3.12. The number of nitrogens with zero attached hydrogens (tertiary/aromatic N) is 1. The topological polar surface area (TPSA) is 49.4 Å². The molecule has 0 saturated carbocycles. The van der Waals surface area contributed by atoms with E-state index in [9.17, 15) is 8.42 Å². The molecule has 1 saturated heterocycles. The Morgan fingerprint density at radius 1 is 1.14 bits per heavy atom. The summed E-state index contributed by atoms with van der Waals surface area (Å²) in [7, 11) is -3.12. The van der Waals surface area contributed by atoms with Crippen molar-refractivity contribution in [3.8, 4) is 0 Å². The summed E-state index contributed by atoms with van der Waals surface area (Å²) < 4.78 is 23.1. The third-order valence-electron chi connectivity index (χ3n) is 3.98. The molecule has 0 radical (unpaired) electrons. The fourth-order valence-electron chi connectivity index (χ4n) is 2.87. The Morgan fingerprint density at radius 2 is 1.71 bits per heavy atom. The molecule has 1 heterocycles. The fraction of sp³-hybridized carbons (Fsp3) is 0.625. The van der Waals surface area contributed by atoms with Crippen LogP contribution in [0.15, 0.2) is 29.2 Å². The normalized spacial score (nSPS) is 18.9. The predicted octanol–water partition coefficient (Wildman–Crippen LogP) is 2.08. The molecule has 1 aromatic carbocycles. The van der Waals surface area contributed by atoms with E-state index in [2.05, 4.69) is 24.1 Å². The highest BCUT2D eigenvalue weighted by molar-refractivity contribution is 7.90. The number of sulfone groups is 1. The lowest BCUT2D eigenvalue weighted by molar-refractivity contribution is 0.154. The highest BCUT2D eigenvalue weighted by Crippen LogP contribution is 2.28. The van der Waals surface area contributed by atoms with Crippen molar-refractivity contribution in [3.63, 3.8) is 0 Å². The Hall–Kier alpha value is -0.910. The van der Waals surface area contributed by atoms with Gasteiger partial charge >= 0.3 is 0 Å². The number of hydrogen-bond acceptors (Lipinski definition) is 4. The number of benzene rings is 1. The predicted molar refractivity (Wildman–Crippen MR) is 86.2 cm³/mol. The van der Waals surface area contributed by atoms with Crippen molar-refractivity contribution in [2.45, 2.75) is 31.2 Å². The lowest BCUT2D eigenvalue weighted by Gasteiger charge is -2.36. The van der Waals surface area contributed by atoms with Crippen molar-refractivity contribution in [1.82, 2.24) is 10.2 Å². The maximum atomic E-state index is 11.6. The molecule has 5 heteroatoms. The Labute approximate surface area is 128 Å². The Balaban J connectivity index is 2.23. The van der Waals surface area contributed by atoms with Crippen molar-refractivity contribution in [3.05, 3.63) is 29.8 Å². The number of hydrogen-bond donors (Lipinski definition) is 1. The molecule has 1 N–H and O–H groups in total. The SMILES string of the molecule is CC(C)C[C@H](c1ccc(S(C)(=O)=O)cc1)N1CCNCC1. The van der Waals surface area contributed by atoms with Gasteiger partial charge in [-0.15, -0.1) is 0 Å². The molecular weight excluding hydrogens is 284 g/mol. The molecule has 0 amide bonds. The summed E-state index contributed by atoms with van der Waals surface area (Å²) in [4.78, 5) is 2.90. The van der Waals surface area contributed by atoms with Crippen LogP contribution in [0.3, 0.4) is 0 Å². The first kappa shape index (κ1) is 16.5. The molecule has 0 bridgehead atoms. The van der Waals surface area contributed by atoms with Crippen LogP contribution in [0, 0.1) is 5.92 Å². The van der Waals surface area contributed by atoms with Crippen LogP contribution in [0.25, 0.3) is 0 Å². The third kappa shape index (κ3) is 4.53. The van der Waals surface area contributed by atoms with Crippen molar-refractivity contribution in [2.75, 3.05) is 32.4 Å². The summed E-state index contributed by atoms with van der Waals surface area (Å²) in [6.07, 6.45) is 2.35. The first-order valence-electron chi connectivity index (χ1n) is 7.62. The van der Waals surface area contributed by atoms with E-state index < -0.39 is 9.84 Å². The number of piperazine rings is 1. The molecule has 1 aliphatic rings. The Kier molecular flexibility index (Phi) is 5.41. The quantitative estimate of drug-likeness (QED) is 0.905. The average molecular weight is 310 g/mol. The van der Waals surface area contributed by atoms with Gasteiger partial charge in [-0.25, -0.2) is 8.42 Å². The third-order valence-corrected chi connectivity index (χ3v) is 5.11. The minimum Gasteiger partial charge on any atom is -0.314 e. The monoisotopic (exact) mass is 310 g/mol. The summed E-state index contributed by atoms with van der Waals surface area (Å²) in [5, 5.41) is 3.38. The molecule has 0 unspecified atom stereocenters. The first-order chi connectivity index (χ1) is 9.88. The Bertz CT molecular complexity index is 546. The minimum absolute atomic E-state index is 0.376. The van der Waals surface area contributed by atoms with Crippen LogP contribution in [-0.4, -0.2) is 45.8 Å². The van der Waals surface area contributed by atoms with Crippen LogP contribution in [-0.2, 0) is 9.84 Å². The van der Waals surface area contributed by atoms with Crippen LogP contribution in [0.1, 0.15) is 31.9 Å². The average Bonchev–Trinajstić information content (AvgIpc) is 2.45. The van der Waals surface area contributed by atoms with Crippen LogP contribution in [0.2, 0.25) is 0 Å². The molecule has 1 fully saturated rings. The molecule has 1 aliphatic heterocycles. The molecule has 0 aliphatic carbocycles. The maximum Gasteiger partial charge on any atom is 0.175 e. The highest BCUT2D eigenvalue weighted by atomic mass is 32.2. The largest absolute Gasteiger partial charge is 0.314 e. The maximum absolute atomic E-state index is 11.6. The first-order valence-corrected chi connectivity index (χ1v) is 9.52. The van der Waals surface area contributed by atoms with E-state index in [1.807, 2.05) is 12.1 Å². The van der Waals surface area contributed by atoms with Crippen molar-refractivity contribution in [1.29, 1.82) is 0 Å². The molecule has 2 rings (SSSR count).